The first kappa shape index (κ1) is 14.0. The van der Waals surface area contributed by atoms with E-state index < -0.39 is 0 Å². The molecule has 0 saturated carbocycles. The number of rotatable bonds is 4. The highest BCUT2D eigenvalue weighted by Crippen LogP contribution is 2.28. The van der Waals surface area contributed by atoms with Gasteiger partial charge in [0.15, 0.2) is 0 Å². The molecule has 0 saturated heterocycles. The second kappa shape index (κ2) is 5.09. The Morgan fingerprint density at radius 3 is 2.29 bits per heavy atom. The van der Waals surface area contributed by atoms with Crippen LogP contribution in [0.25, 0.3) is 0 Å². The molecule has 1 aromatic rings. The van der Waals surface area contributed by atoms with Crippen LogP contribution in [0, 0.1) is 0 Å². The van der Waals surface area contributed by atoms with Gasteiger partial charge in [-0.3, -0.25) is 0 Å². The van der Waals surface area contributed by atoms with Crippen molar-refractivity contribution >= 4 is 0 Å². The second-order valence-electron chi connectivity index (χ2n) is 6.18. The lowest BCUT2D eigenvalue weighted by molar-refractivity contribution is 0.102. The maximum atomic E-state index is 6.00. The minimum atomic E-state index is -0.203. The van der Waals surface area contributed by atoms with Crippen molar-refractivity contribution in [1.29, 1.82) is 0 Å². The van der Waals surface area contributed by atoms with Gasteiger partial charge in [0.2, 0.25) is 0 Å². The van der Waals surface area contributed by atoms with Gasteiger partial charge in [-0.25, -0.2) is 0 Å². The molecular weight excluding hydrogens is 210 g/mol. The number of ether oxygens (including phenoxy) is 1. The minimum absolute atomic E-state index is 0.150. The molecule has 0 radical (unpaired) electrons. The van der Waals surface area contributed by atoms with Crippen molar-refractivity contribution in [2.24, 2.45) is 5.73 Å². The van der Waals surface area contributed by atoms with Crippen molar-refractivity contribution in [1.82, 2.24) is 0 Å². The molecule has 1 rings (SSSR count). The molecule has 0 unspecified atom stereocenters. The third kappa shape index (κ3) is 4.39. The first-order chi connectivity index (χ1) is 7.74. The Bertz CT molecular complexity index is 363. The standard InChI is InChI=1S/C15H25NO/c1-14(2,3)12-7-6-8-13(11-12)17-15(4,5)9-10-16/h6-8,11H,9-10,16H2,1-5H3. The smallest absolute Gasteiger partial charge is 0.120 e. The van der Waals surface area contributed by atoms with E-state index in [0.29, 0.717) is 6.54 Å². The number of benzene rings is 1. The summed E-state index contributed by atoms with van der Waals surface area (Å²) in [6.45, 7) is 11.4. The predicted molar refractivity (Wildman–Crippen MR) is 73.5 cm³/mol. The zero-order valence-corrected chi connectivity index (χ0v) is 11.7. The normalized spacial score (nSPS) is 12.6. The number of hydrogen-bond donors (Lipinski definition) is 1. The van der Waals surface area contributed by atoms with Crippen LogP contribution >= 0.6 is 0 Å². The zero-order valence-electron chi connectivity index (χ0n) is 11.7. The highest BCUT2D eigenvalue weighted by atomic mass is 16.5. The second-order valence-corrected chi connectivity index (χ2v) is 6.18. The van der Waals surface area contributed by atoms with E-state index in [2.05, 4.69) is 52.8 Å². The van der Waals surface area contributed by atoms with Crippen LogP contribution in [-0.2, 0) is 5.41 Å². The summed E-state index contributed by atoms with van der Waals surface area (Å²) in [5, 5.41) is 0. The molecule has 0 aliphatic heterocycles. The highest BCUT2D eigenvalue weighted by Gasteiger charge is 2.20. The summed E-state index contributed by atoms with van der Waals surface area (Å²) >= 11 is 0. The van der Waals surface area contributed by atoms with Crippen molar-refractivity contribution in [3.05, 3.63) is 29.8 Å². The van der Waals surface area contributed by atoms with E-state index in [-0.39, 0.29) is 11.0 Å². The van der Waals surface area contributed by atoms with Gasteiger partial charge in [0.1, 0.15) is 11.4 Å². The quantitative estimate of drug-likeness (QED) is 0.867. The molecule has 0 heterocycles. The van der Waals surface area contributed by atoms with E-state index >= 15 is 0 Å². The molecule has 0 spiro atoms. The Hall–Kier alpha value is -1.02. The molecule has 2 N–H and O–H groups in total. The van der Waals surface area contributed by atoms with Crippen molar-refractivity contribution in [3.8, 4) is 5.75 Å². The molecule has 2 nitrogen and oxygen atoms in total. The fourth-order valence-electron chi connectivity index (χ4n) is 1.74. The lowest BCUT2D eigenvalue weighted by Crippen LogP contribution is -2.31. The highest BCUT2D eigenvalue weighted by molar-refractivity contribution is 5.33. The monoisotopic (exact) mass is 235 g/mol. The van der Waals surface area contributed by atoms with Crippen molar-refractivity contribution in [2.45, 2.75) is 52.1 Å². The van der Waals surface area contributed by atoms with Crippen molar-refractivity contribution < 1.29 is 4.74 Å². The average molecular weight is 235 g/mol. The zero-order chi connectivity index (χ0) is 13.1. The fourth-order valence-corrected chi connectivity index (χ4v) is 1.74. The Labute approximate surface area is 105 Å². The summed E-state index contributed by atoms with van der Waals surface area (Å²) < 4.78 is 6.00. The van der Waals surface area contributed by atoms with Gasteiger partial charge in [-0.1, -0.05) is 32.9 Å². The molecule has 0 aliphatic carbocycles. The summed E-state index contributed by atoms with van der Waals surface area (Å²) in [4.78, 5) is 0. The van der Waals surface area contributed by atoms with Gasteiger partial charge in [0.05, 0.1) is 0 Å². The van der Waals surface area contributed by atoms with E-state index in [9.17, 15) is 0 Å². The van der Waals surface area contributed by atoms with Gasteiger partial charge >= 0.3 is 0 Å². The van der Waals surface area contributed by atoms with Gasteiger partial charge in [0.25, 0.3) is 0 Å². The average Bonchev–Trinajstić information content (AvgIpc) is 2.15. The van der Waals surface area contributed by atoms with E-state index in [1.54, 1.807) is 0 Å². The Balaban J connectivity index is 2.86. The third-order valence-corrected chi connectivity index (χ3v) is 2.84. The predicted octanol–water partition coefficient (Wildman–Crippen LogP) is 3.49. The summed E-state index contributed by atoms with van der Waals surface area (Å²) in [6, 6.07) is 8.32. The van der Waals surface area contributed by atoms with Gasteiger partial charge in [0, 0.05) is 0 Å². The van der Waals surface area contributed by atoms with Crippen molar-refractivity contribution in [3.63, 3.8) is 0 Å². The topological polar surface area (TPSA) is 35.2 Å². The molecule has 0 amide bonds. The molecule has 1 aromatic carbocycles. The molecule has 0 aromatic heterocycles. The van der Waals surface area contributed by atoms with Gasteiger partial charge in [-0.15, -0.1) is 0 Å². The Kier molecular flexibility index (Phi) is 4.21. The van der Waals surface area contributed by atoms with E-state index in [1.165, 1.54) is 5.56 Å². The first-order valence-electron chi connectivity index (χ1n) is 6.24. The molecule has 0 atom stereocenters. The van der Waals surface area contributed by atoms with Crippen LogP contribution in [0.2, 0.25) is 0 Å². The van der Waals surface area contributed by atoms with Crippen molar-refractivity contribution in [2.75, 3.05) is 6.54 Å². The van der Waals surface area contributed by atoms with Gasteiger partial charge in [-0.2, -0.15) is 0 Å². The van der Waals surface area contributed by atoms with Crippen LogP contribution in [-0.4, -0.2) is 12.1 Å². The summed E-state index contributed by atoms with van der Waals surface area (Å²) in [5.41, 5.74) is 6.82. The number of hydrogen-bond acceptors (Lipinski definition) is 2. The molecule has 0 aliphatic rings. The molecule has 2 heteroatoms. The van der Waals surface area contributed by atoms with E-state index in [1.807, 2.05) is 6.07 Å². The molecule has 0 fully saturated rings. The number of nitrogens with two attached hydrogens (primary N) is 1. The lowest BCUT2D eigenvalue weighted by atomic mass is 9.87. The molecular formula is C15H25NO. The maximum Gasteiger partial charge on any atom is 0.120 e. The van der Waals surface area contributed by atoms with Gasteiger partial charge in [-0.05, 0) is 49.9 Å². The third-order valence-electron chi connectivity index (χ3n) is 2.84. The Morgan fingerprint density at radius 1 is 1.12 bits per heavy atom. The molecule has 0 bridgehead atoms. The molecule has 17 heavy (non-hydrogen) atoms. The van der Waals surface area contributed by atoms with Crippen LogP contribution in [0.3, 0.4) is 0 Å². The molecule has 96 valence electrons. The van der Waals surface area contributed by atoms with E-state index in [4.69, 9.17) is 10.5 Å². The Morgan fingerprint density at radius 2 is 1.76 bits per heavy atom. The van der Waals surface area contributed by atoms with Gasteiger partial charge < -0.3 is 10.5 Å². The van der Waals surface area contributed by atoms with Crippen LogP contribution in [0.1, 0.15) is 46.6 Å². The largest absolute Gasteiger partial charge is 0.488 e. The summed E-state index contributed by atoms with van der Waals surface area (Å²) in [7, 11) is 0. The summed E-state index contributed by atoms with van der Waals surface area (Å²) in [6.07, 6.45) is 0.854. The lowest BCUT2D eigenvalue weighted by Gasteiger charge is -2.27. The van der Waals surface area contributed by atoms with Crippen LogP contribution < -0.4 is 10.5 Å². The van der Waals surface area contributed by atoms with Crippen LogP contribution in [0.5, 0.6) is 5.75 Å². The van der Waals surface area contributed by atoms with E-state index in [0.717, 1.165) is 12.2 Å². The van der Waals surface area contributed by atoms with Crippen LogP contribution in [0.4, 0.5) is 0 Å². The minimum Gasteiger partial charge on any atom is -0.488 e. The maximum absolute atomic E-state index is 6.00. The SMILES string of the molecule is CC(C)(CCN)Oc1cccc(C(C)(C)C)c1. The summed E-state index contributed by atoms with van der Waals surface area (Å²) in [5.74, 6) is 0.927. The first-order valence-corrected chi connectivity index (χ1v) is 6.24. The fraction of sp³-hybridized carbons (Fsp3) is 0.600. The van der Waals surface area contributed by atoms with Crippen LogP contribution in [0.15, 0.2) is 24.3 Å².